The van der Waals surface area contributed by atoms with Crippen LogP contribution in [0.1, 0.15) is 29.8 Å². The zero-order valence-corrected chi connectivity index (χ0v) is 13.0. The van der Waals surface area contributed by atoms with Gasteiger partial charge in [0, 0.05) is 37.5 Å². The predicted octanol–water partition coefficient (Wildman–Crippen LogP) is 2.56. The molecule has 0 spiro atoms. The quantitative estimate of drug-likeness (QED) is 0.923. The summed E-state index contributed by atoms with van der Waals surface area (Å²) in [7, 11) is 1.81. The van der Waals surface area contributed by atoms with Crippen LogP contribution in [0, 0.1) is 11.7 Å². The van der Waals surface area contributed by atoms with Gasteiger partial charge < -0.3 is 10.0 Å². The zero-order valence-electron chi connectivity index (χ0n) is 13.0. The molecule has 22 heavy (non-hydrogen) atoms. The Labute approximate surface area is 129 Å². The number of carbonyl (C=O) groups is 1. The van der Waals surface area contributed by atoms with Crippen molar-refractivity contribution in [2.24, 2.45) is 13.0 Å². The predicted molar refractivity (Wildman–Crippen MR) is 80.9 cm³/mol. The molecule has 0 aliphatic rings. The molecule has 0 aliphatic carbocycles. The Morgan fingerprint density at radius 3 is 2.73 bits per heavy atom. The van der Waals surface area contributed by atoms with E-state index in [0.717, 1.165) is 11.6 Å². The first-order chi connectivity index (χ1) is 10.4. The molecule has 0 aliphatic heterocycles. The van der Waals surface area contributed by atoms with Crippen LogP contribution in [0.3, 0.4) is 0 Å². The molecule has 1 aromatic carbocycles. The number of aromatic hydroxyl groups is 1. The lowest BCUT2D eigenvalue weighted by molar-refractivity contribution is 0.0722. The van der Waals surface area contributed by atoms with Crippen molar-refractivity contribution in [3.05, 3.63) is 47.5 Å². The van der Waals surface area contributed by atoms with Gasteiger partial charge in [-0.3, -0.25) is 9.48 Å². The number of phenols is 1. The van der Waals surface area contributed by atoms with Gasteiger partial charge in [0.2, 0.25) is 0 Å². The number of aryl methyl sites for hydroxylation is 1. The summed E-state index contributed by atoms with van der Waals surface area (Å²) in [6.45, 7) is 4.99. The number of amides is 1. The van der Waals surface area contributed by atoms with E-state index in [1.54, 1.807) is 15.8 Å². The molecule has 0 radical (unpaired) electrons. The molecule has 5 nitrogen and oxygen atoms in total. The minimum atomic E-state index is -0.795. The van der Waals surface area contributed by atoms with Crippen LogP contribution in [0.2, 0.25) is 0 Å². The molecule has 6 heteroatoms. The van der Waals surface area contributed by atoms with Gasteiger partial charge in [-0.1, -0.05) is 13.8 Å². The Balaban J connectivity index is 2.23. The monoisotopic (exact) mass is 305 g/mol. The second-order valence-electron chi connectivity index (χ2n) is 5.77. The normalized spacial score (nSPS) is 11.0. The van der Waals surface area contributed by atoms with Gasteiger partial charge in [0.15, 0.2) is 11.6 Å². The van der Waals surface area contributed by atoms with Gasteiger partial charge in [0.25, 0.3) is 5.91 Å². The summed E-state index contributed by atoms with van der Waals surface area (Å²) in [6, 6.07) is 3.69. The summed E-state index contributed by atoms with van der Waals surface area (Å²) in [6.07, 6.45) is 3.55. The van der Waals surface area contributed by atoms with Crippen molar-refractivity contribution < 1.29 is 14.3 Å². The van der Waals surface area contributed by atoms with E-state index >= 15 is 0 Å². The number of halogens is 1. The standard InChI is InChI=1S/C16H20FN3O2/c1-11(2)8-20(10-12-7-18-19(3)9-12)16(22)13-4-5-15(21)14(17)6-13/h4-7,9,11,21H,8,10H2,1-3H3. The Hall–Kier alpha value is -2.37. The molecule has 0 fully saturated rings. The maximum Gasteiger partial charge on any atom is 0.254 e. The molecule has 0 saturated carbocycles. The van der Waals surface area contributed by atoms with E-state index in [1.165, 1.54) is 12.1 Å². The summed E-state index contributed by atoms with van der Waals surface area (Å²) >= 11 is 0. The van der Waals surface area contributed by atoms with Crippen molar-refractivity contribution in [1.29, 1.82) is 0 Å². The molecule has 1 heterocycles. The highest BCUT2D eigenvalue weighted by molar-refractivity contribution is 5.94. The second-order valence-corrected chi connectivity index (χ2v) is 5.77. The minimum Gasteiger partial charge on any atom is -0.505 e. The van der Waals surface area contributed by atoms with Crippen LogP contribution in [0.25, 0.3) is 0 Å². The molecule has 118 valence electrons. The fraction of sp³-hybridized carbons (Fsp3) is 0.375. The molecule has 2 rings (SSSR count). The zero-order chi connectivity index (χ0) is 16.3. The van der Waals surface area contributed by atoms with E-state index in [2.05, 4.69) is 5.10 Å². The smallest absolute Gasteiger partial charge is 0.254 e. The summed E-state index contributed by atoms with van der Waals surface area (Å²) in [4.78, 5) is 14.3. The van der Waals surface area contributed by atoms with Crippen LogP contribution in [-0.2, 0) is 13.6 Å². The van der Waals surface area contributed by atoms with Crippen LogP contribution in [0.5, 0.6) is 5.75 Å². The number of aromatic nitrogens is 2. The van der Waals surface area contributed by atoms with Crippen molar-refractivity contribution in [2.45, 2.75) is 20.4 Å². The lowest BCUT2D eigenvalue weighted by atomic mass is 10.1. The van der Waals surface area contributed by atoms with E-state index in [0.29, 0.717) is 13.1 Å². The molecular formula is C16H20FN3O2. The highest BCUT2D eigenvalue weighted by Crippen LogP contribution is 2.19. The van der Waals surface area contributed by atoms with Crippen LogP contribution in [0.4, 0.5) is 4.39 Å². The molecule has 1 aromatic heterocycles. The van der Waals surface area contributed by atoms with Crippen LogP contribution in [-0.4, -0.2) is 32.2 Å². The average Bonchev–Trinajstić information content (AvgIpc) is 2.85. The second kappa shape index (κ2) is 6.60. The molecule has 1 amide bonds. The number of phenolic OH excluding ortho intramolecular Hbond substituents is 1. The summed E-state index contributed by atoms with van der Waals surface area (Å²) in [5.74, 6) is -1.24. The Bertz CT molecular complexity index is 667. The number of hydrogen-bond donors (Lipinski definition) is 1. The number of carbonyl (C=O) groups excluding carboxylic acids is 1. The topological polar surface area (TPSA) is 58.4 Å². The first kappa shape index (κ1) is 16.0. The van der Waals surface area contributed by atoms with E-state index in [4.69, 9.17) is 0 Å². The third-order valence-electron chi connectivity index (χ3n) is 3.20. The lowest BCUT2D eigenvalue weighted by Crippen LogP contribution is -2.33. The van der Waals surface area contributed by atoms with Crippen molar-refractivity contribution in [3.8, 4) is 5.75 Å². The first-order valence-electron chi connectivity index (χ1n) is 7.12. The number of nitrogens with zero attached hydrogens (tertiary/aromatic N) is 3. The summed E-state index contributed by atoms with van der Waals surface area (Å²) in [5.41, 5.74) is 1.13. The van der Waals surface area contributed by atoms with Gasteiger partial charge in [-0.2, -0.15) is 5.10 Å². The van der Waals surface area contributed by atoms with Crippen molar-refractivity contribution >= 4 is 5.91 Å². The van der Waals surface area contributed by atoms with Crippen LogP contribution >= 0.6 is 0 Å². The molecule has 0 atom stereocenters. The molecule has 2 aromatic rings. The first-order valence-corrected chi connectivity index (χ1v) is 7.12. The van der Waals surface area contributed by atoms with Gasteiger partial charge in [0.1, 0.15) is 0 Å². The maximum absolute atomic E-state index is 13.5. The van der Waals surface area contributed by atoms with Gasteiger partial charge in [0.05, 0.1) is 6.20 Å². The summed E-state index contributed by atoms with van der Waals surface area (Å²) < 4.78 is 15.1. The van der Waals surface area contributed by atoms with Gasteiger partial charge in [-0.15, -0.1) is 0 Å². The van der Waals surface area contributed by atoms with E-state index < -0.39 is 11.6 Å². The average molecular weight is 305 g/mol. The summed E-state index contributed by atoms with van der Waals surface area (Å²) in [5, 5.41) is 13.3. The number of benzene rings is 1. The number of rotatable bonds is 5. The van der Waals surface area contributed by atoms with Gasteiger partial charge in [-0.25, -0.2) is 4.39 Å². The van der Waals surface area contributed by atoms with Crippen molar-refractivity contribution in [2.75, 3.05) is 6.54 Å². The molecule has 0 bridgehead atoms. The fourth-order valence-corrected chi connectivity index (χ4v) is 2.26. The van der Waals surface area contributed by atoms with E-state index in [9.17, 15) is 14.3 Å². The van der Waals surface area contributed by atoms with Crippen molar-refractivity contribution in [1.82, 2.24) is 14.7 Å². The van der Waals surface area contributed by atoms with Crippen molar-refractivity contribution in [3.63, 3.8) is 0 Å². The maximum atomic E-state index is 13.5. The minimum absolute atomic E-state index is 0.222. The van der Waals surface area contributed by atoms with Crippen LogP contribution < -0.4 is 0 Å². The van der Waals surface area contributed by atoms with Gasteiger partial charge in [-0.05, 0) is 24.1 Å². The van der Waals surface area contributed by atoms with E-state index in [-0.39, 0.29) is 17.4 Å². The highest BCUT2D eigenvalue weighted by Gasteiger charge is 2.19. The molecular weight excluding hydrogens is 285 g/mol. The Morgan fingerprint density at radius 1 is 1.45 bits per heavy atom. The lowest BCUT2D eigenvalue weighted by Gasteiger charge is -2.24. The van der Waals surface area contributed by atoms with Crippen LogP contribution in [0.15, 0.2) is 30.6 Å². The van der Waals surface area contributed by atoms with E-state index in [1.807, 2.05) is 27.1 Å². The molecule has 1 N–H and O–H groups in total. The largest absolute Gasteiger partial charge is 0.505 e. The van der Waals surface area contributed by atoms with Gasteiger partial charge >= 0.3 is 0 Å². The Kier molecular flexibility index (Phi) is 4.80. The third kappa shape index (κ3) is 3.84. The molecule has 0 saturated heterocycles. The fourth-order valence-electron chi connectivity index (χ4n) is 2.26. The molecule has 0 unspecified atom stereocenters. The third-order valence-corrected chi connectivity index (χ3v) is 3.20. The number of hydrogen-bond acceptors (Lipinski definition) is 3. The SMILES string of the molecule is CC(C)CN(Cc1cnn(C)c1)C(=O)c1ccc(O)c(F)c1. The highest BCUT2D eigenvalue weighted by atomic mass is 19.1. The Morgan fingerprint density at radius 2 is 2.18 bits per heavy atom.